The molecule has 0 aliphatic carbocycles. The first-order valence-electron chi connectivity index (χ1n) is 22.2. The zero-order valence-corrected chi connectivity index (χ0v) is 37.9. The van der Waals surface area contributed by atoms with Gasteiger partial charge in [0.2, 0.25) is 41.4 Å². The standard InChI is InChI=1S/C45H71N7O11/c1-8-10-11-12-13-14-15-16-17-27(4)35-25-37(56)51-39(30(7)53)44(61)48-28(5)40(57)47-29(6)41(58)49-33(22-23-36(46)55)42(59)50-34(24-31-18-20-32(54)21-19-31)43(60)52-38(26(3)9-2)45(62)63-35/h14-15,18-21,26-30,33-35,38-39,53-54H,8-13,16-17,22-25H2,1-7H3,(H2,46,55)(H,47,57)(H,48,61)(H,49,58)(H,50,59)(H,51,56)(H,52,60)/b15-14+/t26-,27+,28-,29+,30+,33-,34+,35-,38-,39+/m0/s1. The largest absolute Gasteiger partial charge is 0.508 e. The maximum atomic E-state index is 14.3. The van der Waals surface area contributed by atoms with Gasteiger partial charge >= 0.3 is 5.97 Å². The molecule has 1 saturated heterocycles. The number of carbonyl (C=O) groups excluding carboxylic acids is 8. The highest BCUT2D eigenvalue weighted by Gasteiger charge is 2.37. The van der Waals surface area contributed by atoms with Crippen LogP contribution in [-0.4, -0.2) is 106 Å². The first-order chi connectivity index (χ1) is 29.8. The van der Waals surface area contributed by atoms with Gasteiger partial charge in [-0.15, -0.1) is 0 Å². The monoisotopic (exact) mass is 886 g/mol. The number of nitrogens with one attached hydrogen (secondary N) is 6. The lowest BCUT2D eigenvalue weighted by molar-refractivity contribution is -0.159. The van der Waals surface area contributed by atoms with Gasteiger partial charge in [0, 0.05) is 12.8 Å². The maximum Gasteiger partial charge on any atom is 0.329 e. The van der Waals surface area contributed by atoms with Gasteiger partial charge in [-0.3, -0.25) is 33.6 Å². The van der Waals surface area contributed by atoms with E-state index in [0.29, 0.717) is 24.8 Å². The molecule has 18 heteroatoms. The van der Waals surface area contributed by atoms with Gasteiger partial charge in [0.1, 0.15) is 48.1 Å². The first kappa shape index (κ1) is 53.6. The highest BCUT2D eigenvalue weighted by Crippen LogP contribution is 2.22. The zero-order valence-electron chi connectivity index (χ0n) is 37.9. The Morgan fingerprint density at radius 1 is 0.746 bits per heavy atom. The van der Waals surface area contributed by atoms with Crippen molar-refractivity contribution in [3.63, 3.8) is 0 Å². The van der Waals surface area contributed by atoms with Crippen molar-refractivity contribution >= 4 is 47.3 Å². The Hall–Kier alpha value is -5.52. The van der Waals surface area contributed by atoms with Gasteiger partial charge in [0.05, 0.1) is 12.5 Å². The summed E-state index contributed by atoms with van der Waals surface area (Å²) in [5.74, 6) is -7.58. The van der Waals surface area contributed by atoms with Crippen molar-refractivity contribution in [1.82, 2.24) is 31.9 Å². The molecule has 1 aliphatic rings. The molecule has 1 aliphatic heterocycles. The number of aliphatic hydroxyl groups is 1. The number of cyclic esters (lactones) is 1. The number of phenols is 1. The van der Waals surface area contributed by atoms with Crippen LogP contribution in [0.3, 0.4) is 0 Å². The minimum absolute atomic E-state index is 0.0427. The molecule has 0 aromatic heterocycles. The van der Waals surface area contributed by atoms with E-state index in [1.807, 2.05) is 13.0 Å². The van der Waals surface area contributed by atoms with Gasteiger partial charge in [-0.25, -0.2) is 4.79 Å². The van der Waals surface area contributed by atoms with Crippen molar-refractivity contribution in [1.29, 1.82) is 0 Å². The maximum absolute atomic E-state index is 14.3. The summed E-state index contributed by atoms with van der Waals surface area (Å²) in [6.07, 6.45) is 7.43. The van der Waals surface area contributed by atoms with Crippen LogP contribution in [0.2, 0.25) is 0 Å². The Bertz CT molecular complexity index is 1720. The second-order valence-electron chi connectivity index (χ2n) is 16.7. The summed E-state index contributed by atoms with van der Waals surface area (Å²) in [4.78, 5) is 108. The third kappa shape index (κ3) is 19.2. The highest BCUT2D eigenvalue weighted by atomic mass is 16.5. The summed E-state index contributed by atoms with van der Waals surface area (Å²) in [6.45, 7) is 11.4. The van der Waals surface area contributed by atoms with Crippen LogP contribution in [-0.2, 0) is 49.5 Å². The second kappa shape index (κ2) is 27.5. The predicted molar refractivity (Wildman–Crippen MR) is 235 cm³/mol. The number of hydrogen-bond acceptors (Lipinski definition) is 11. The van der Waals surface area contributed by atoms with Gasteiger partial charge in [-0.05, 0) is 82.4 Å². The van der Waals surface area contributed by atoms with E-state index >= 15 is 0 Å². The average molecular weight is 886 g/mol. The van der Waals surface area contributed by atoms with Crippen LogP contribution in [0.25, 0.3) is 0 Å². The normalized spacial score (nSPS) is 25.4. The molecule has 0 saturated carbocycles. The molecule has 0 unspecified atom stereocenters. The average Bonchev–Trinajstić information content (AvgIpc) is 3.23. The second-order valence-corrected chi connectivity index (χ2v) is 16.7. The molecule has 7 amide bonds. The Morgan fingerprint density at radius 3 is 1.94 bits per heavy atom. The molecule has 0 spiro atoms. The smallest absolute Gasteiger partial charge is 0.329 e. The van der Waals surface area contributed by atoms with Crippen LogP contribution in [0.1, 0.15) is 125 Å². The fraction of sp³-hybridized carbons (Fsp3) is 0.644. The molecule has 1 fully saturated rings. The van der Waals surface area contributed by atoms with E-state index in [4.69, 9.17) is 10.5 Å². The summed E-state index contributed by atoms with van der Waals surface area (Å²) >= 11 is 0. The molecule has 1 heterocycles. The van der Waals surface area contributed by atoms with E-state index in [9.17, 15) is 48.6 Å². The van der Waals surface area contributed by atoms with Gasteiger partial charge in [0.15, 0.2) is 0 Å². The minimum Gasteiger partial charge on any atom is -0.508 e. The third-order valence-corrected chi connectivity index (χ3v) is 11.1. The summed E-state index contributed by atoms with van der Waals surface area (Å²) in [5.41, 5.74) is 5.90. The molecule has 1 aromatic rings. The van der Waals surface area contributed by atoms with E-state index in [0.717, 1.165) is 32.1 Å². The molecule has 10 atom stereocenters. The van der Waals surface area contributed by atoms with E-state index in [2.05, 4.69) is 44.9 Å². The lowest BCUT2D eigenvalue weighted by Crippen LogP contribution is -2.60. The number of nitrogens with two attached hydrogens (primary N) is 1. The van der Waals surface area contributed by atoms with Crippen molar-refractivity contribution in [2.24, 2.45) is 17.6 Å². The van der Waals surface area contributed by atoms with Crippen LogP contribution in [0.5, 0.6) is 5.75 Å². The van der Waals surface area contributed by atoms with Gasteiger partial charge in [-0.2, -0.15) is 0 Å². The molecule has 10 N–H and O–H groups in total. The summed E-state index contributed by atoms with van der Waals surface area (Å²) < 4.78 is 6.08. The summed E-state index contributed by atoms with van der Waals surface area (Å²) in [7, 11) is 0. The molecule has 0 radical (unpaired) electrons. The molecule has 1 aromatic carbocycles. The van der Waals surface area contributed by atoms with E-state index in [1.54, 1.807) is 13.8 Å². The van der Waals surface area contributed by atoms with Crippen LogP contribution < -0.4 is 37.6 Å². The van der Waals surface area contributed by atoms with E-state index in [-0.39, 0.29) is 25.0 Å². The first-order valence-corrected chi connectivity index (χ1v) is 22.2. The molecular formula is C45H71N7O11. The van der Waals surface area contributed by atoms with E-state index in [1.165, 1.54) is 45.0 Å². The Kier molecular flexibility index (Phi) is 23.4. The molecule has 0 bridgehead atoms. The number of unbranched alkanes of at least 4 members (excludes halogenated alkanes) is 4. The topological polar surface area (TPSA) is 284 Å². The zero-order chi connectivity index (χ0) is 47.2. The Morgan fingerprint density at radius 2 is 1.33 bits per heavy atom. The van der Waals surface area contributed by atoms with Crippen molar-refractivity contribution in [3.8, 4) is 5.75 Å². The van der Waals surface area contributed by atoms with Crippen molar-refractivity contribution in [3.05, 3.63) is 42.0 Å². The lowest BCUT2D eigenvalue weighted by atomic mass is 9.94. The van der Waals surface area contributed by atoms with Crippen molar-refractivity contribution in [2.45, 2.75) is 174 Å². The number of phenolic OH excluding ortho intramolecular Hbond substituents is 1. The summed E-state index contributed by atoms with van der Waals surface area (Å²) in [5, 5.41) is 35.7. The number of primary amides is 1. The van der Waals surface area contributed by atoms with Crippen molar-refractivity contribution < 1.29 is 53.3 Å². The fourth-order valence-electron chi connectivity index (χ4n) is 6.77. The molecule has 18 nitrogen and oxygen atoms in total. The SMILES string of the molecule is CCCCCC/C=C/CC[C@@H](C)[C@@H]1CC(=O)N[C@H]([C@@H](C)O)C(=O)N[C@@H](C)C(=O)N[C@H](C)C(=O)N[C@@H](CCC(N)=O)C(=O)N[C@H](Cc2ccc(O)cc2)C(=O)N[C@@H]([C@@H](C)CC)C(=O)O1. The Labute approximate surface area is 371 Å². The molecular weight excluding hydrogens is 815 g/mol. The number of rotatable bonds is 17. The Balaban J connectivity index is 2.64. The van der Waals surface area contributed by atoms with Gasteiger partial charge < -0.3 is 52.6 Å². The number of carbonyl (C=O) groups is 8. The number of allylic oxidation sites excluding steroid dienone is 2. The molecule has 63 heavy (non-hydrogen) atoms. The highest BCUT2D eigenvalue weighted by molar-refractivity contribution is 5.97. The number of hydrogen-bond donors (Lipinski definition) is 9. The van der Waals surface area contributed by atoms with Crippen LogP contribution in [0, 0.1) is 11.8 Å². The summed E-state index contributed by atoms with van der Waals surface area (Å²) in [6, 6.07) is -2.30. The number of benzene rings is 1. The number of aromatic hydroxyl groups is 1. The van der Waals surface area contributed by atoms with Gasteiger partial charge in [-0.1, -0.05) is 77.7 Å². The predicted octanol–water partition coefficient (Wildman–Crippen LogP) is 1.83. The third-order valence-electron chi connectivity index (χ3n) is 11.1. The van der Waals surface area contributed by atoms with Crippen LogP contribution in [0.4, 0.5) is 0 Å². The van der Waals surface area contributed by atoms with Crippen molar-refractivity contribution in [2.75, 3.05) is 0 Å². The van der Waals surface area contributed by atoms with Gasteiger partial charge in [0.25, 0.3) is 0 Å². The molecule has 2 rings (SSSR count). The van der Waals surface area contributed by atoms with Crippen LogP contribution in [0.15, 0.2) is 36.4 Å². The quantitative estimate of drug-likeness (QED) is 0.0618. The number of ether oxygens (including phenoxy) is 1. The number of esters is 1. The molecule has 352 valence electrons. The minimum atomic E-state index is -1.53. The fourth-order valence-corrected chi connectivity index (χ4v) is 6.77. The number of aliphatic hydroxyl groups excluding tert-OH is 1. The lowest BCUT2D eigenvalue weighted by Gasteiger charge is -2.31. The van der Waals surface area contributed by atoms with E-state index < -0.39 is 114 Å². The number of amides is 7. The van der Waals surface area contributed by atoms with Crippen LogP contribution >= 0.6 is 0 Å².